The van der Waals surface area contributed by atoms with Crippen LogP contribution in [-0.4, -0.2) is 32.1 Å². The van der Waals surface area contributed by atoms with Crippen LogP contribution in [0.15, 0.2) is 18.2 Å². The first-order chi connectivity index (χ1) is 8.22. The van der Waals surface area contributed by atoms with Crippen LogP contribution in [0, 0.1) is 0 Å². The van der Waals surface area contributed by atoms with Gasteiger partial charge in [0.1, 0.15) is 6.29 Å². The van der Waals surface area contributed by atoms with Crippen LogP contribution < -0.4 is 10.1 Å². The van der Waals surface area contributed by atoms with Crippen molar-refractivity contribution in [3.63, 3.8) is 0 Å². The number of carbonyl (C=O) groups is 1. The molecular weight excluding hydrogens is 218 g/mol. The largest absolute Gasteiger partial charge is 0.504 e. The third-order valence-corrected chi connectivity index (χ3v) is 2.34. The average molecular weight is 235 g/mol. The second kappa shape index (κ2) is 6.70. The smallest absolute Gasteiger partial charge is 0.165 e. The van der Waals surface area contributed by atoms with Crippen molar-refractivity contribution in [1.29, 1.82) is 0 Å². The molecule has 0 bridgehead atoms. The Labute approximate surface area is 101 Å². The zero-order chi connectivity index (χ0) is 12.7. The molecule has 1 aromatic carbocycles. The minimum absolute atomic E-state index is 0.0545. The second-order valence-corrected chi connectivity index (χ2v) is 3.57. The van der Waals surface area contributed by atoms with Crippen LogP contribution in [0.1, 0.15) is 22.3 Å². The third-order valence-electron chi connectivity index (χ3n) is 2.34. The molecule has 17 heavy (non-hydrogen) atoms. The van der Waals surface area contributed by atoms with E-state index in [0.717, 1.165) is 19.3 Å². The van der Waals surface area contributed by atoms with Crippen molar-refractivity contribution in [2.24, 2.45) is 0 Å². The summed E-state index contributed by atoms with van der Waals surface area (Å²) < 4.78 is 5.00. The molecule has 92 valence electrons. The summed E-state index contributed by atoms with van der Waals surface area (Å²) >= 11 is 0. The molecule has 2 N–H and O–H groups in total. The lowest BCUT2D eigenvalue weighted by Gasteiger charge is -2.07. The molecule has 0 fully saturated rings. The van der Waals surface area contributed by atoms with Gasteiger partial charge in [-0.3, -0.25) is 4.79 Å². The number of rotatable bonds is 6. The van der Waals surface area contributed by atoms with E-state index in [1.54, 1.807) is 12.1 Å². The van der Waals surface area contributed by atoms with Crippen LogP contribution in [0.2, 0.25) is 0 Å². The van der Waals surface area contributed by atoms with Crippen LogP contribution >= 0.6 is 0 Å². The molecule has 0 heterocycles. The maximum Gasteiger partial charge on any atom is 0.165 e. The lowest BCUT2D eigenvalue weighted by molar-refractivity contribution is 0.112. The Kier molecular flexibility index (Phi) is 5.23. The maximum absolute atomic E-state index is 10.7. The number of benzene rings is 1. The maximum atomic E-state index is 10.7. The molecule has 0 saturated carbocycles. The standard InChI is InChI=1S/C13H17NO3/c1-14-6-4-3-5-11-7-10(9-15)8-12(17-2)13(11)16/h3,5,7-9,14,16H,4,6H2,1-2H3. The number of methoxy groups -OCH3 is 1. The highest BCUT2D eigenvalue weighted by molar-refractivity contribution is 5.79. The fraction of sp³-hybridized carbons (Fsp3) is 0.308. The van der Waals surface area contributed by atoms with E-state index < -0.39 is 0 Å². The molecule has 0 saturated heterocycles. The molecule has 0 aliphatic heterocycles. The number of carbonyl (C=O) groups excluding carboxylic acids is 1. The van der Waals surface area contributed by atoms with Gasteiger partial charge >= 0.3 is 0 Å². The van der Waals surface area contributed by atoms with Gasteiger partial charge in [0, 0.05) is 11.1 Å². The summed E-state index contributed by atoms with van der Waals surface area (Å²) in [5.41, 5.74) is 1.07. The molecule has 1 rings (SSSR count). The fourth-order valence-electron chi connectivity index (χ4n) is 1.44. The van der Waals surface area contributed by atoms with Gasteiger partial charge in [0.15, 0.2) is 11.5 Å². The normalized spacial score (nSPS) is 10.7. The molecule has 0 radical (unpaired) electrons. The minimum atomic E-state index is 0.0545. The Hall–Kier alpha value is -1.81. The predicted molar refractivity (Wildman–Crippen MR) is 67.6 cm³/mol. The molecule has 0 amide bonds. The van der Waals surface area contributed by atoms with Crippen LogP contribution in [0.5, 0.6) is 11.5 Å². The van der Waals surface area contributed by atoms with Crippen LogP contribution in [0.4, 0.5) is 0 Å². The number of phenolic OH excluding ortho intramolecular Hbond substituents is 1. The van der Waals surface area contributed by atoms with Crippen LogP contribution in [0.25, 0.3) is 6.08 Å². The molecule has 0 aliphatic rings. The average Bonchev–Trinajstić information content (AvgIpc) is 2.36. The molecule has 0 spiro atoms. The van der Waals surface area contributed by atoms with Crippen molar-refractivity contribution < 1.29 is 14.6 Å². The predicted octanol–water partition coefficient (Wildman–Crippen LogP) is 1.84. The Morgan fingerprint density at radius 3 is 2.82 bits per heavy atom. The molecule has 4 nitrogen and oxygen atoms in total. The second-order valence-electron chi connectivity index (χ2n) is 3.57. The Morgan fingerprint density at radius 2 is 2.24 bits per heavy atom. The highest BCUT2D eigenvalue weighted by atomic mass is 16.5. The summed E-state index contributed by atoms with van der Waals surface area (Å²) in [5.74, 6) is 0.363. The van der Waals surface area contributed by atoms with Crippen molar-refractivity contribution in [3.05, 3.63) is 29.3 Å². The van der Waals surface area contributed by atoms with Gasteiger partial charge in [0.2, 0.25) is 0 Å². The van der Waals surface area contributed by atoms with E-state index in [9.17, 15) is 9.90 Å². The van der Waals surface area contributed by atoms with Crippen molar-refractivity contribution in [2.45, 2.75) is 6.42 Å². The van der Waals surface area contributed by atoms with Crippen molar-refractivity contribution in [3.8, 4) is 11.5 Å². The Balaban J connectivity index is 2.96. The molecular formula is C13H17NO3. The summed E-state index contributed by atoms with van der Waals surface area (Å²) in [4.78, 5) is 10.7. The van der Waals surface area contributed by atoms with E-state index in [0.29, 0.717) is 16.9 Å². The first-order valence-corrected chi connectivity index (χ1v) is 5.40. The molecule has 0 atom stereocenters. The van der Waals surface area contributed by atoms with Gasteiger partial charge in [-0.05, 0) is 32.1 Å². The highest BCUT2D eigenvalue weighted by Gasteiger charge is 2.07. The molecule has 0 unspecified atom stereocenters. The van der Waals surface area contributed by atoms with Crippen LogP contribution in [-0.2, 0) is 0 Å². The zero-order valence-corrected chi connectivity index (χ0v) is 10.1. The number of aromatic hydroxyl groups is 1. The van der Waals surface area contributed by atoms with Gasteiger partial charge < -0.3 is 15.2 Å². The highest BCUT2D eigenvalue weighted by Crippen LogP contribution is 2.31. The minimum Gasteiger partial charge on any atom is -0.504 e. The van der Waals surface area contributed by atoms with Gasteiger partial charge in [-0.1, -0.05) is 12.2 Å². The van der Waals surface area contributed by atoms with Gasteiger partial charge in [-0.15, -0.1) is 0 Å². The summed E-state index contributed by atoms with van der Waals surface area (Å²) in [6.45, 7) is 0.863. The monoisotopic (exact) mass is 235 g/mol. The lowest BCUT2D eigenvalue weighted by Crippen LogP contribution is -2.05. The van der Waals surface area contributed by atoms with Gasteiger partial charge in [-0.2, -0.15) is 0 Å². The molecule has 4 heteroatoms. The number of nitrogens with one attached hydrogen (secondary N) is 1. The van der Waals surface area contributed by atoms with E-state index in [1.165, 1.54) is 13.2 Å². The summed E-state index contributed by atoms with van der Waals surface area (Å²) in [6.07, 6.45) is 5.29. The van der Waals surface area contributed by atoms with Gasteiger partial charge in [0.25, 0.3) is 0 Å². The molecule has 0 aliphatic carbocycles. The Morgan fingerprint density at radius 1 is 1.47 bits per heavy atom. The van der Waals surface area contributed by atoms with Crippen molar-refractivity contribution in [1.82, 2.24) is 5.32 Å². The third kappa shape index (κ3) is 3.60. The lowest BCUT2D eigenvalue weighted by atomic mass is 10.1. The quantitative estimate of drug-likeness (QED) is 0.583. The first-order valence-electron chi connectivity index (χ1n) is 5.40. The zero-order valence-electron chi connectivity index (χ0n) is 10.1. The number of hydrogen-bond donors (Lipinski definition) is 2. The molecule has 0 aromatic heterocycles. The van der Waals surface area contributed by atoms with Crippen LogP contribution in [0.3, 0.4) is 0 Å². The SMILES string of the molecule is CNCCC=Cc1cc(C=O)cc(OC)c1O. The van der Waals surface area contributed by atoms with Crippen molar-refractivity contribution >= 4 is 12.4 Å². The Bertz CT molecular complexity index is 413. The van der Waals surface area contributed by atoms with Gasteiger partial charge in [0.05, 0.1) is 7.11 Å². The topological polar surface area (TPSA) is 58.6 Å². The number of aldehydes is 1. The summed E-state index contributed by atoms with van der Waals surface area (Å²) in [7, 11) is 3.33. The number of hydrogen-bond acceptors (Lipinski definition) is 4. The van der Waals surface area contributed by atoms with E-state index in [2.05, 4.69) is 5.32 Å². The summed E-state index contributed by atoms with van der Waals surface area (Å²) in [5, 5.41) is 12.9. The van der Waals surface area contributed by atoms with E-state index in [4.69, 9.17) is 4.74 Å². The van der Waals surface area contributed by atoms with E-state index in [-0.39, 0.29) is 5.75 Å². The number of phenols is 1. The van der Waals surface area contributed by atoms with E-state index >= 15 is 0 Å². The van der Waals surface area contributed by atoms with E-state index in [1.807, 2.05) is 13.1 Å². The van der Waals surface area contributed by atoms with Crippen molar-refractivity contribution in [2.75, 3.05) is 20.7 Å². The first kappa shape index (κ1) is 13.3. The summed E-state index contributed by atoms with van der Waals surface area (Å²) in [6, 6.07) is 3.13. The number of ether oxygens (including phenoxy) is 1. The molecule has 1 aromatic rings. The van der Waals surface area contributed by atoms with Gasteiger partial charge in [-0.25, -0.2) is 0 Å². The fourth-order valence-corrected chi connectivity index (χ4v) is 1.44.